The molecule has 0 aromatic heterocycles. The van der Waals surface area contributed by atoms with Gasteiger partial charge in [-0.3, -0.25) is 4.79 Å². The van der Waals surface area contributed by atoms with Crippen LogP contribution < -0.4 is 4.74 Å². The first-order valence-electron chi connectivity index (χ1n) is 5.89. The molecule has 0 radical (unpaired) electrons. The van der Waals surface area contributed by atoms with Gasteiger partial charge in [-0.1, -0.05) is 11.6 Å². The van der Waals surface area contributed by atoms with E-state index in [1.165, 1.54) is 0 Å². The van der Waals surface area contributed by atoms with Crippen molar-refractivity contribution >= 4 is 29.1 Å². The van der Waals surface area contributed by atoms with Crippen molar-refractivity contribution < 1.29 is 9.53 Å². The van der Waals surface area contributed by atoms with Crippen molar-refractivity contribution in [1.82, 2.24) is 4.90 Å². The zero-order chi connectivity index (χ0) is 13.4. The molecule has 0 spiro atoms. The Morgan fingerprint density at radius 1 is 1.33 bits per heavy atom. The Morgan fingerprint density at radius 3 is 2.56 bits per heavy atom. The average molecular weight is 290 g/mol. The Hall–Kier alpha value is -0.930. The van der Waals surface area contributed by atoms with Crippen LogP contribution >= 0.6 is 23.2 Å². The Morgan fingerprint density at radius 2 is 2.00 bits per heavy atom. The summed E-state index contributed by atoms with van der Waals surface area (Å²) in [5, 5.41) is 0.644. The van der Waals surface area contributed by atoms with E-state index in [-0.39, 0.29) is 12.5 Å². The van der Waals surface area contributed by atoms with Crippen molar-refractivity contribution in [3.05, 3.63) is 29.3 Å². The molecule has 0 fully saturated rings. The number of carbonyl (C=O) groups is 1. The molecule has 5 heteroatoms. The first-order chi connectivity index (χ1) is 8.67. The van der Waals surface area contributed by atoms with E-state index in [1.54, 1.807) is 29.2 Å². The highest BCUT2D eigenvalue weighted by Gasteiger charge is 2.11. The molecule has 0 heterocycles. The summed E-state index contributed by atoms with van der Waals surface area (Å²) >= 11 is 11.4. The fourth-order valence-corrected chi connectivity index (χ4v) is 1.72. The molecular formula is C13H17Cl2NO2. The van der Waals surface area contributed by atoms with Crippen LogP contribution in [0.2, 0.25) is 5.02 Å². The summed E-state index contributed by atoms with van der Waals surface area (Å²) in [6.07, 6.45) is 0.794. The highest BCUT2D eigenvalue weighted by atomic mass is 35.5. The summed E-state index contributed by atoms with van der Waals surface area (Å²) in [6, 6.07) is 6.94. The monoisotopic (exact) mass is 289 g/mol. The maximum absolute atomic E-state index is 11.9. The summed E-state index contributed by atoms with van der Waals surface area (Å²) in [5.41, 5.74) is 0. The second kappa shape index (κ2) is 8.22. The van der Waals surface area contributed by atoms with Crippen molar-refractivity contribution in [2.75, 3.05) is 25.6 Å². The van der Waals surface area contributed by atoms with Gasteiger partial charge in [0.2, 0.25) is 0 Å². The van der Waals surface area contributed by atoms with Gasteiger partial charge >= 0.3 is 0 Å². The predicted molar refractivity (Wildman–Crippen MR) is 74.5 cm³/mol. The number of hydrogen-bond acceptors (Lipinski definition) is 2. The summed E-state index contributed by atoms with van der Waals surface area (Å²) in [4.78, 5) is 13.6. The molecule has 18 heavy (non-hydrogen) atoms. The zero-order valence-electron chi connectivity index (χ0n) is 10.4. The number of halogens is 2. The van der Waals surface area contributed by atoms with Crippen molar-refractivity contribution in [2.45, 2.75) is 13.3 Å². The van der Waals surface area contributed by atoms with Crippen LogP contribution in [0.3, 0.4) is 0 Å². The van der Waals surface area contributed by atoms with E-state index in [0.717, 1.165) is 6.42 Å². The highest BCUT2D eigenvalue weighted by Crippen LogP contribution is 2.15. The fraction of sp³-hybridized carbons (Fsp3) is 0.462. The quantitative estimate of drug-likeness (QED) is 0.722. The van der Waals surface area contributed by atoms with Crippen molar-refractivity contribution in [2.24, 2.45) is 0 Å². The molecular weight excluding hydrogens is 273 g/mol. The molecule has 0 bridgehead atoms. The van der Waals surface area contributed by atoms with Crippen molar-refractivity contribution in [3.8, 4) is 5.75 Å². The van der Waals surface area contributed by atoms with Crippen LogP contribution in [0.5, 0.6) is 5.75 Å². The van der Waals surface area contributed by atoms with Crippen LogP contribution in [0.25, 0.3) is 0 Å². The third-order valence-electron chi connectivity index (χ3n) is 2.47. The van der Waals surface area contributed by atoms with Crippen LogP contribution in [-0.4, -0.2) is 36.4 Å². The molecule has 1 amide bonds. The minimum Gasteiger partial charge on any atom is -0.484 e. The molecule has 0 atom stereocenters. The van der Waals surface area contributed by atoms with E-state index in [4.69, 9.17) is 27.9 Å². The normalized spacial score (nSPS) is 10.2. The first kappa shape index (κ1) is 15.1. The van der Waals surface area contributed by atoms with Crippen LogP contribution in [0.15, 0.2) is 24.3 Å². The lowest BCUT2D eigenvalue weighted by molar-refractivity contribution is -0.133. The number of ether oxygens (including phenoxy) is 1. The SMILES string of the molecule is CCN(CCCCl)C(=O)COc1ccc(Cl)cc1. The standard InChI is InChI=1S/C13H17Cl2NO2/c1-2-16(9-3-8-14)13(17)10-18-12-6-4-11(15)5-7-12/h4-7H,2-3,8-10H2,1H3. The second-order valence-electron chi connectivity index (χ2n) is 3.76. The van der Waals surface area contributed by atoms with E-state index in [1.807, 2.05) is 6.92 Å². The number of hydrogen-bond donors (Lipinski definition) is 0. The molecule has 1 aromatic rings. The topological polar surface area (TPSA) is 29.5 Å². The molecule has 0 aliphatic rings. The van der Waals surface area contributed by atoms with Crippen LogP contribution in [0, 0.1) is 0 Å². The van der Waals surface area contributed by atoms with E-state index in [0.29, 0.717) is 29.7 Å². The van der Waals surface area contributed by atoms with Gasteiger partial charge in [0.25, 0.3) is 5.91 Å². The lowest BCUT2D eigenvalue weighted by Gasteiger charge is -2.20. The van der Waals surface area contributed by atoms with Gasteiger partial charge in [0, 0.05) is 24.0 Å². The molecule has 0 saturated carbocycles. The van der Waals surface area contributed by atoms with Crippen LogP contribution in [0.4, 0.5) is 0 Å². The zero-order valence-corrected chi connectivity index (χ0v) is 11.9. The maximum Gasteiger partial charge on any atom is 0.260 e. The molecule has 1 rings (SSSR count). The van der Waals surface area contributed by atoms with Crippen LogP contribution in [-0.2, 0) is 4.79 Å². The number of nitrogens with zero attached hydrogens (tertiary/aromatic N) is 1. The minimum absolute atomic E-state index is 0.0300. The molecule has 0 unspecified atom stereocenters. The van der Waals surface area contributed by atoms with Gasteiger partial charge in [-0.05, 0) is 37.6 Å². The second-order valence-corrected chi connectivity index (χ2v) is 4.57. The molecule has 0 aliphatic heterocycles. The molecule has 0 saturated heterocycles. The largest absolute Gasteiger partial charge is 0.484 e. The maximum atomic E-state index is 11.9. The Kier molecular flexibility index (Phi) is 6.91. The number of benzene rings is 1. The Balaban J connectivity index is 2.41. The number of likely N-dealkylation sites (N-methyl/N-ethyl adjacent to an activating group) is 1. The number of amides is 1. The van der Waals surface area contributed by atoms with Gasteiger partial charge in [-0.15, -0.1) is 11.6 Å². The summed E-state index contributed by atoms with van der Waals surface area (Å²) in [5.74, 6) is 1.17. The number of rotatable bonds is 7. The van der Waals surface area contributed by atoms with E-state index in [2.05, 4.69) is 0 Å². The first-order valence-corrected chi connectivity index (χ1v) is 6.80. The number of alkyl halides is 1. The predicted octanol–water partition coefficient (Wildman–Crippen LogP) is 3.20. The molecule has 0 N–H and O–H groups in total. The van der Waals surface area contributed by atoms with Gasteiger partial charge in [-0.25, -0.2) is 0 Å². The molecule has 3 nitrogen and oxygen atoms in total. The third kappa shape index (κ3) is 5.15. The van der Waals surface area contributed by atoms with Crippen LogP contribution in [0.1, 0.15) is 13.3 Å². The summed E-state index contributed by atoms with van der Waals surface area (Å²) in [6.45, 7) is 3.31. The summed E-state index contributed by atoms with van der Waals surface area (Å²) < 4.78 is 5.40. The number of carbonyl (C=O) groups excluding carboxylic acids is 1. The Labute approximate surface area is 118 Å². The van der Waals surface area contributed by atoms with Gasteiger partial charge in [0.1, 0.15) is 5.75 Å². The molecule has 0 aliphatic carbocycles. The van der Waals surface area contributed by atoms with Gasteiger partial charge < -0.3 is 9.64 Å². The lowest BCUT2D eigenvalue weighted by Crippen LogP contribution is -2.35. The van der Waals surface area contributed by atoms with Crippen molar-refractivity contribution in [3.63, 3.8) is 0 Å². The molecule has 1 aromatic carbocycles. The fourth-order valence-electron chi connectivity index (χ4n) is 1.48. The Bertz CT molecular complexity index is 368. The van der Waals surface area contributed by atoms with E-state index < -0.39 is 0 Å². The van der Waals surface area contributed by atoms with Gasteiger partial charge in [-0.2, -0.15) is 0 Å². The van der Waals surface area contributed by atoms with E-state index >= 15 is 0 Å². The van der Waals surface area contributed by atoms with Gasteiger partial charge in [0.15, 0.2) is 6.61 Å². The van der Waals surface area contributed by atoms with Gasteiger partial charge in [0.05, 0.1) is 0 Å². The minimum atomic E-state index is -0.0300. The average Bonchev–Trinajstić information content (AvgIpc) is 2.39. The smallest absolute Gasteiger partial charge is 0.260 e. The van der Waals surface area contributed by atoms with E-state index in [9.17, 15) is 4.79 Å². The third-order valence-corrected chi connectivity index (χ3v) is 2.99. The molecule has 100 valence electrons. The summed E-state index contributed by atoms with van der Waals surface area (Å²) in [7, 11) is 0. The van der Waals surface area contributed by atoms with Crippen molar-refractivity contribution in [1.29, 1.82) is 0 Å². The highest BCUT2D eigenvalue weighted by molar-refractivity contribution is 6.30. The lowest BCUT2D eigenvalue weighted by atomic mass is 10.3.